The van der Waals surface area contributed by atoms with Gasteiger partial charge in [-0.3, -0.25) is 0 Å². The van der Waals surface area contributed by atoms with Gasteiger partial charge < -0.3 is 18.8 Å². The van der Waals surface area contributed by atoms with E-state index in [-0.39, 0.29) is 24.4 Å². The molecule has 0 spiro atoms. The highest BCUT2D eigenvalue weighted by Crippen LogP contribution is 2.36. The molecule has 0 aliphatic carbocycles. The van der Waals surface area contributed by atoms with Crippen LogP contribution in [0.3, 0.4) is 0 Å². The van der Waals surface area contributed by atoms with E-state index in [0.717, 1.165) is 37.3 Å². The molecule has 2 fully saturated rings. The molecule has 0 radical (unpaired) electrons. The first-order valence-corrected chi connectivity index (χ1v) is 8.07. The van der Waals surface area contributed by atoms with Crippen molar-refractivity contribution in [1.82, 2.24) is 0 Å². The molecule has 4 nitrogen and oxygen atoms in total. The molecule has 5 heteroatoms. The Kier molecular flexibility index (Phi) is 4.23. The molecule has 2 aliphatic rings. The van der Waals surface area contributed by atoms with E-state index in [1.54, 1.807) is 0 Å². The van der Waals surface area contributed by atoms with E-state index >= 15 is 0 Å². The Morgan fingerprint density at radius 2 is 1.50 bits per heavy atom. The fourth-order valence-corrected chi connectivity index (χ4v) is 2.67. The second-order valence-electron chi connectivity index (χ2n) is 7.09. The van der Waals surface area contributed by atoms with Crippen molar-refractivity contribution in [3.63, 3.8) is 0 Å². The minimum Gasteiger partial charge on any atom is -0.490 e. The normalized spacial score (nSPS) is 24.5. The Hall–Kier alpha value is -1.04. The summed E-state index contributed by atoms with van der Waals surface area (Å²) in [4.78, 5) is 0. The predicted molar refractivity (Wildman–Crippen MR) is 86.6 cm³/mol. The van der Waals surface area contributed by atoms with E-state index in [2.05, 4.69) is 27.7 Å². The van der Waals surface area contributed by atoms with Crippen LogP contribution in [-0.4, -0.2) is 37.6 Å². The van der Waals surface area contributed by atoms with Gasteiger partial charge >= 0.3 is 7.12 Å². The minimum atomic E-state index is -0.317. The molecule has 0 atom stereocenters. The van der Waals surface area contributed by atoms with Crippen molar-refractivity contribution in [3.05, 3.63) is 24.3 Å². The lowest BCUT2D eigenvalue weighted by Crippen LogP contribution is -2.41. The highest BCUT2D eigenvalue weighted by molar-refractivity contribution is 6.62. The van der Waals surface area contributed by atoms with Crippen LogP contribution in [0.4, 0.5) is 0 Å². The van der Waals surface area contributed by atoms with Gasteiger partial charge in [-0.2, -0.15) is 0 Å². The van der Waals surface area contributed by atoms with Gasteiger partial charge in [-0.15, -0.1) is 0 Å². The van der Waals surface area contributed by atoms with Crippen molar-refractivity contribution in [2.24, 2.45) is 0 Å². The summed E-state index contributed by atoms with van der Waals surface area (Å²) in [7, 11) is -0.317. The van der Waals surface area contributed by atoms with Crippen LogP contribution in [0.15, 0.2) is 24.3 Å². The SMILES string of the molecule is CC1(C)OB(c2ccc(OC3CCOCC3)cc2)OC1(C)C. The molecule has 0 saturated carbocycles. The van der Waals surface area contributed by atoms with E-state index < -0.39 is 0 Å². The number of benzene rings is 1. The molecule has 1 aromatic rings. The summed E-state index contributed by atoms with van der Waals surface area (Å²) in [6.45, 7) is 9.84. The van der Waals surface area contributed by atoms with Gasteiger partial charge in [0.15, 0.2) is 0 Å². The summed E-state index contributed by atoms with van der Waals surface area (Å²) in [5.74, 6) is 0.896. The molecular formula is C17H25BO4. The lowest BCUT2D eigenvalue weighted by atomic mass is 9.79. The first-order valence-electron chi connectivity index (χ1n) is 8.07. The maximum absolute atomic E-state index is 6.06. The molecule has 2 aliphatic heterocycles. The number of hydrogen-bond acceptors (Lipinski definition) is 4. The molecule has 2 saturated heterocycles. The van der Waals surface area contributed by atoms with Gasteiger partial charge in [0.05, 0.1) is 24.4 Å². The second kappa shape index (κ2) is 5.87. The van der Waals surface area contributed by atoms with E-state index in [0.29, 0.717) is 0 Å². The maximum atomic E-state index is 6.06. The van der Waals surface area contributed by atoms with Gasteiger partial charge in [-0.05, 0) is 45.3 Å². The molecule has 1 aromatic carbocycles. The highest BCUT2D eigenvalue weighted by atomic mass is 16.7. The number of rotatable bonds is 3. The lowest BCUT2D eigenvalue weighted by molar-refractivity contribution is 0.00578. The Morgan fingerprint density at radius 1 is 0.955 bits per heavy atom. The zero-order chi connectivity index (χ0) is 15.8. The highest BCUT2D eigenvalue weighted by Gasteiger charge is 2.51. The third kappa shape index (κ3) is 3.17. The van der Waals surface area contributed by atoms with Gasteiger partial charge in [-0.25, -0.2) is 0 Å². The summed E-state index contributed by atoms with van der Waals surface area (Å²) in [5, 5.41) is 0. The first-order chi connectivity index (χ1) is 10.4. The maximum Gasteiger partial charge on any atom is 0.494 e. The zero-order valence-electron chi connectivity index (χ0n) is 13.9. The van der Waals surface area contributed by atoms with E-state index in [1.807, 2.05) is 24.3 Å². The Bertz CT molecular complexity index is 490. The molecule has 120 valence electrons. The second-order valence-corrected chi connectivity index (χ2v) is 7.09. The van der Waals surface area contributed by atoms with Gasteiger partial charge in [0.1, 0.15) is 11.9 Å². The molecule has 0 unspecified atom stereocenters. The first kappa shape index (κ1) is 15.8. The average molecular weight is 304 g/mol. The van der Waals surface area contributed by atoms with Gasteiger partial charge in [0, 0.05) is 12.8 Å². The summed E-state index contributed by atoms with van der Waals surface area (Å²) in [5.41, 5.74) is 0.405. The third-order valence-electron chi connectivity index (χ3n) is 4.88. The van der Waals surface area contributed by atoms with Crippen molar-refractivity contribution < 1.29 is 18.8 Å². The largest absolute Gasteiger partial charge is 0.494 e. The smallest absolute Gasteiger partial charge is 0.490 e. The quantitative estimate of drug-likeness (QED) is 0.804. The van der Waals surface area contributed by atoms with Crippen LogP contribution in [0.1, 0.15) is 40.5 Å². The molecule has 0 bridgehead atoms. The van der Waals surface area contributed by atoms with Gasteiger partial charge in [0.2, 0.25) is 0 Å². The van der Waals surface area contributed by atoms with Crippen LogP contribution in [0.5, 0.6) is 5.75 Å². The lowest BCUT2D eigenvalue weighted by Gasteiger charge is -2.32. The monoisotopic (exact) mass is 304 g/mol. The van der Waals surface area contributed by atoms with Crippen LogP contribution in [0.25, 0.3) is 0 Å². The van der Waals surface area contributed by atoms with Crippen molar-refractivity contribution in [2.45, 2.75) is 57.8 Å². The van der Waals surface area contributed by atoms with Crippen LogP contribution >= 0.6 is 0 Å². The topological polar surface area (TPSA) is 36.9 Å². The van der Waals surface area contributed by atoms with Gasteiger partial charge in [0.25, 0.3) is 0 Å². The standard InChI is InChI=1S/C17H25BO4/c1-16(2)17(3,4)22-18(21-16)13-5-7-14(8-6-13)20-15-9-11-19-12-10-15/h5-8,15H,9-12H2,1-4H3. The van der Waals surface area contributed by atoms with Crippen LogP contribution in [-0.2, 0) is 14.0 Å². The number of ether oxygens (including phenoxy) is 2. The Balaban J connectivity index is 1.65. The van der Waals surface area contributed by atoms with Gasteiger partial charge in [-0.1, -0.05) is 12.1 Å². The van der Waals surface area contributed by atoms with Crippen molar-refractivity contribution in [1.29, 1.82) is 0 Å². The molecule has 2 heterocycles. The molecule has 0 aromatic heterocycles. The summed E-state index contributed by atoms with van der Waals surface area (Å²) in [6, 6.07) is 8.04. The van der Waals surface area contributed by atoms with Crippen LogP contribution in [0, 0.1) is 0 Å². The van der Waals surface area contributed by atoms with Crippen LogP contribution < -0.4 is 10.2 Å². The molecule has 0 amide bonds. The van der Waals surface area contributed by atoms with E-state index in [4.69, 9.17) is 18.8 Å². The zero-order valence-corrected chi connectivity index (χ0v) is 13.9. The Labute approximate surface area is 133 Å². The average Bonchev–Trinajstić information content (AvgIpc) is 2.69. The molecule has 3 rings (SSSR count). The van der Waals surface area contributed by atoms with E-state index in [1.165, 1.54) is 0 Å². The summed E-state index contributed by atoms with van der Waals surface area (Å²) < 4.78 is 23.5. The fourth-order valence-electron chi connectivity index (χ4n) is 2.67. The fraction of sp³-hybridized carbons (Fsp3) is 0.647. The van der Waals surface area contributed by atoms with Crippen molar-refractivity contribution >= 4 is 12.6 Å². The summed E-state index contributed by atoms with van der Waals surface area (Å²) in [6.07, 6.45) is 2.18. The number of hydrogen-bond donors (Lipinski definition) is 0. The minimum absolute atomic E-state index is 0.261. The van der Waals surface area contributed by atoms with Crippen molar-refractivity contribution in [2.75, 3.05) is 13.2 Å². The predicted octanol–water partition coefficient (Wildman–Crippen LogP) is 2.54. The van der Waals surface area contributed by atoms with E-state index in [9.17, 15) is 0 Å². The molecular weight excluding hydrogens is 279 g/mol. The Morgan fingerprint density at radius 3 is 2.05 bits per heavy atom. The summed E-state index contributed by atoms with van der Waals surface area (Å²) >= 11 is 0. The molecule has 0 N–H and O–H groups in total. The van der Waals surface area contributed by atoms with Crippen LogP contribution in [0.2, 0.25) is 0 Å². The molecule has 22 heavy (non-hydrogen) atoms. The van der Waals surface area contributed by atoms with Crippen molar-refractivity contribution in [3.8, 4) is 5.75 Å². The third-order valence-corrected chi connectivity index (χ3v) is 4.88.